The summed E-state index contributed by atoms with van der Waals surface area (Å²) in [5, 5.41) is 3.86. The van der Waals surface area contributed by atoms with Crippen molar-refractivity contribution in [3.8, 4) is 0 Å². The van der Waals surface area contributed by atoms with Gasteiger partial charge in [-0.2, -0.15) is 0 Å². The molecule has 1 heterocycles. The van der Waals surface area contributed by atoms with Crippen molar-refractivity contribution in [2.45, 2.75) is 18.5 Å². The molecule has 2 unspecified atom stereocenters. The minimum atomic E-state index is -0.767. The summed E-state index contributed by atoms with van der Waals surface area (Å²) >= 11 is 6.03. The molecule has 1 saturated heterocycles. The number of nitrogens with one attached hydrogen (secondary N) is 1. The molecule has 1 nitrogen and oxygen atoms in total. The summed E-state index contributed by atoms with van der Waals surface area (Å²) in [6.45, 7) is 1.45. The second kappa shape index (κ2) is 4.28. The van der Waals surface area contributed by atoms with E-state index in [9.17, 15) is 4.39 Å². The van der Waals surface area contributed by atoms with Gasteiger partial charge in [-0.1, -0.05) is 29.8 Å². The highest BCUT2D eigenvalue weighted by Gasteiger charge is 2.27. The minimum absolute atomic E-state index is 0.0857. The second-order valence-corrected chi connectivity index (χ2v) is 4.04. The summed E-state index contributed by atoms with van der Waals surface area (Å²) in [6.07, 6.45) is -0.188. The molecule has 2 atom stereocenters. The molecule has 1 aromatic rings. The molecule has 1 aliphatic rings. The molecule has 3 heteroatoms. The van der Waals surface area contributed by atoms with E-state index < -0.39 is 6.17 Å². The van der Waals surface area contributed by atoms with E-state index in [1.165, 1.54) is 0 Å². The maximum absolute atomic E-state index is 13.6. The van der Waals surface area contributed by atoms with Crippen molar-refractivity contribution >= 4 is 11.6 Å². The van der Waals surface area contributed by atoms with Gasteiger partial charge in [0.15, 0.2) is 0 Å². The molecule has 0 amide bonds. The zero-order chi connectivity index (χ0) is 9.97. The fourth-order valence-electron chi connectivity index (χ4n) is 1.91. The summed E-state index contributed by atoms with van der Waals surface area (Å²) in [5.41, 5.74) is 0.925. The average Bonchev–Trinajstić information content (AvgIpc) is 2.20. The third-order valence-corrected chi connectivity index (χ3v) is 3.05. The summed E-state index contributed by atoms with van der Waals surface area (Å²) in [6, 6.07) is 7.50. The molecule has 76 valence electrons. The Morgan fingerprint density at radius 1 is 1.36 bits per heavy atom. The lowest BCUT2D eigenvalue weighted by atomic mass is 9.90. The van der Waals surface area contributed by atoms with Crippen LogP contribution in [0.1, 0.15) is 17.9 Å². The van der Waals surface area contributed by atoms with Gasteiger partial charge in [0.25, 0.3) is 0 Å². The molecule has 0 bridgehead atoms. The first-order chi connectivity index (χ1) is 6.79. The largest absolute Gasteiger partial charge is 0.316 e. The van der Waals surface area contributed by atoms with Crippen LogP contribution in [0.5, 0.6) is 0 Å². The second-order valence-electron chi connectivity index (χ2n) is 3.64. The Morgan fingerprint density at radius 3 is 2.86 bits per heavy atom. The van der Waals surface area contributed by atoms with Crippen LogP contribution >= 0.6 is 11.6 Å². The van der Waals surface area contributed by atoms with E-state index in [-0.39, 0.29) is 5.92 Å². The van der Waals surface area contributed by atoms with Crippen molar-refractivity contribution in [2.24, 2.45) is 0 Å². The Kier molecular flexibility index (Phi) is 3.04. The van der Waals surface area contributed by atoms with Crippen LogP contribution in [0.3, 0.4) is 0 Å². The smallest absolute Gasteiger partial charge is 0.109 e. The van der Waals surface area contributed by atoms with Crippen molar-refractivity contribution in [3.63, 3.8) is 0 Å². The Bertz CT molecular complexity index is 316. The van der Waals surface area contributed by atoms with Gasteiger partial charge in [0.05, 0.1) is 0 Å². The van der Waals surface area contributed by atoms with E-state index >= 15 is 0 Å². The van der Waals surface area contributed by atoms with Gasteiger partial charge >= 0.3 is 0 Å². The maximum atomic E-state index is 13.6. The number of hydrogen-bond acceptors (Lipinski definition) is 1. The van der Waals surface area contributed by atoms with Crippen LogP contribution in [0, 0.1) is 0 Å². The average molecular weight is 214 g/mol. The third-order valence-electron chi connectivity index (χ3n) is 2.70. The highest BCUT2D eigenvalue weighted by Crippen LogP contribution is 2.30. The van der Waals surface area contributed by atoms with Crippen LogP contribution in [0.4, 0.5) is 4.39 Å². The van der Waals surface area contributed by atoms with Gasteiger partial charge in [-0.25, -0.2) is 4.39 Å². The molecule has 0 spiro atoms. The normalized spacial score (nSPS) is 27.6. The molecule has 1 aromatic carbocycles. The number of alkyl halides is 1. The molecule has 1 aliphatic heterocycles. The minimum Gasteiger partial charge on any atom is -0.316 e. The zero-order valence-corrected chi connectivity index (χ0v) is 8.60. The molecule has 1 N–H and O–H groups in total. The number of piperidine rings is 1. The molecule has 0 aromatic heterocycles. The van der Waals surface area contributed by atoms with Gasteiger partial charge in [0, 0.05) is 17.5 Å². The first-order valence-electron chi connectivity index (χ1n) is 4.88. The van der Waals surface area contributed by atoms with Crippen LogP contribution in [0.15, 0.2) is 24.3 Å². The lowest BCUT2D eigenvalue weighted by Gasteiger charge is -2.27. The number of rotatable bonds is 1. The predicted molar refractivity (Wildman–Crippen MR) is 56.6 cm³/mol. The van der Waals surface area contributed by atoms with E-state index in [1.807, 2.05) is 24.3 Å². The Labute approximate surface area is 88.3 Å². The Hall–Kier alpha value is -0.600. The van der Waals surface area contributed by atoms with E-state index in [0.29, 0.717) is 18.0 Å². The van der Waals surface area contributed by atoms with Crippen LogP contribution in [-0.2, 0) is 0 Å². The van der Waals surface area contributed by atoms with Crippen LogP contribution in [-0.4, -0.2) is 19.3 Å². The quantitative estimate of drug-likeness (QED) is 0.757. The highest BCUT2D eigenvalue weighted by atomic mass is 35.5. The molecule has 14 heavy (non-hydrogen) atoms. The van der Waals surface area contributed by atoms with Gasteiger partial charge in [-0.05, 0) is 24.6 Å². The van der Waals surface area contributed by atoms with Gasteiger partial charge in [-0.3, -0.25) is 0 Å². The Balaban J connectivity index is 2.25. The van der Waals surface area contributed by atoms with Crippen molar-refractivity contribution in [2.75, 3.05) is 13.1 Å². The molecule has 0 aliphatic carbocycles. The van der Waals surface area contributed by atoms with E-state index in [2.05, 4.69) is 5.32 Å². The fraction of sp³-hybridized carbons (Fsp3) is 0.455. The predicted octanol–water partition coefficient (Wildman–Crippen LogP) is 2.76. The number of benzene rings is 1. The van der Waals surface area contributed by atoms with Crippen molar-refractivity contribution < 1.29 is 4.39 Å². The van der Waals surface area contributed by atoms with Gasteiger partial charge < -0.3 is 5.32 Å². The molecule has 0 radical (unpaired) electrons. The van der Waals surface area contributed by atoms with Crippen molar-refractivity contribution in [1.82, 2.24) is 5.32 Å². The number of hydrogen-bond donors (Lipinski definition) is 1. The summed E-state index contributed by atoms with van der Waals surface area (Å²) < 4.78 is 13.6. The van der Waals surface area contributed by atoms with E-state index in [0.717, 1.165) is 12.1 Å². The fourth-order valence-corrected chi connectivity index (χ4v) is 2.18. The first-order valence-corrected chi connectivity index (χ1v) is 5.26. The molecular weight excluding hydrogens is 201 g/mol. The standard InChI is InChI=1S/C11H13ClFN/c12-10-4-2-1-3-8(10)9-7-14-6-5-11(9)13/h1-4,9,11,14H,5-7H2. The Morgan fingerprint density at radius 2 is 2.14 bits per heavy atom. The van der Waals surface area contributed by atoms with Crippen molar-refractivity contribution in [3.05, 3.63) is 34.9 Å². The summed E-state index contributed by atoms with van der Waals surface area (Å²) in [4.78, 5) is 0. The molecule has 2 rings (SSSR count). The molecule has 0 saturated carbocycles. The SMILES string of the molecule is FC1CCNCC1c1ccccc1Cl. The lowest BCUT2D eigenvalue weighted by molar-refractivity contribution is 0.228. The van der Waals surface area contributed by atoms with Crippen molar-refractivity contribution in [1.29, 1.82) is 0 Å². The third kappa shape index (κ3) is 1.91. The molecular formula is C11H13ClFN. The molecule has 1 fully saturated rings. The first kappa shape index (κ1) is 9.94. The van der Waals surface area contributed by atoms with Crippen LogP contribution in [0.2, 0.25) is 5.02 Å². The van der Waals surface area contributed by atoms with Gasteiger partial charge in [-0.15, -0.1) is 0 Å². The lowest BCUT2D eigenvalue weighted by Crippen LogP contribution is -2.36. The maximum Gasteiger partial charge on any atom is 0.109 e. The van der Waals surface area contributed by atoms with E-state index in [1.54, 1.807) is 0 Å². The highest BCUT2D eigenvalue weighted by molar-refractivity contribution is 6.31. The van der Waals surface area contributed by atoms with Gasteiger partial charge in [0.1, 0.15) is 6.17 Å². The summed E-state index contributed by atoms with van der Waals surface area (Å²) in [7, 11) is 0. The van der Waals surface area contributed by atoms with E-state index in [4.69, 9.17) is 11.6 Å². The monoisotopic (exact) mass is 213 g/mol. The number of halogens is 2. The van der Waals surface area contributed by atoms with Crippen LogP contribution < -0.4 is 5.32 Å². The van der Waals surface area contributed by atoms with Crippen LogP contribution in [0.25, 0.3) is 0 Å². The van der Waals surface area contributed by atoms with Gasteiger partial charge in [0.2, 0.25) is 0 Å². The topological polar surface area (TPSA) is 12.0 Å². The summed E-state index contributed by atoms with van der Waals surface area (Å²) in [5.74, 6) is -0.0857. The zero-order valence-electron chi connectivity index (χ0n) is 7.84.